The number of rotatable bonds is 7. The highest BCUT2D eigenvalue weighted by Gasteiger charge is 2.20. The zero-order chi connectivity index (χ0) is 23.6. The van der Waals surface area contributed by atoms with E-state index in [1.807, 2.05) is 47.9 Å². The van der Waals surface area contributed by atoms with Gasteiger partial charge in [0.2, 0.25) is 15.9 Å². The molecule has 33 heavy (non-hydrogen) atoms. The molecule has 0 bridgehead atoms. The maximum atomic E-state index is 13.1. The third-order valence-electron chi connectivity index (χ3n) is 5.18. The Morgan fingerprint density at radius 2 is 1.76 bits per heavy atom. The molecule has 0 aliphatic heterocycles. The predicted molar refractivity (Wildman–Crippen MR) is 128 cm³/mol. The Balaban J connectivity index is 1.62. The number of hydrogen-bond donors (Lipinski definition) is 2. The number of aryl methyl sites for hydroxylation is 2. The number of pyridine rings is 1. The number of anilines is 1. The minimum absolute atomic E-state index is 0.0325. The van der Waals surface area contributed by atoms with E-state index in [0.717, 1.165) is 28.0 Å². The first kappa shape index (κ1) is 22.6. The Morgan fingerprint density at radius 3 is 2.48 bits per heavy atom. The molecule has 0 radical (unpaired) electrons. The summed E-state index contributed by atoms with van der Waals surface area (Å²) in [6.45, 7) is 5.61. The third kappa shape index (κ3) is 4.94. The van der Waals surface area contributed by atoms with E-state index in [0.29, 0.717) is 12.2 Å². The van der Waals surface area contributed by atoms with Gasteiger partial charge in [0.15, 0.2) is 5.65 Å². The lowest BCUT2D eigenvalue weighted by molar-refractivity contribution is -0.114. The second-order valence-corrected chi connectivity index (χ2v) is 9.61. The number of benzene rings is 2. The van der Waals surface area contributed by atoms with Crippen LogP contribution < -0.4 is 10.0 Å². The molecule has 0 atom stereocenters. The standard InChI is InChI=1S/C24H25N5O3S/c1-16-6-9-19(10-7-16)23-28-21-5-4-12-25-24(21)29(23)14-13-26-33(31,32)22-15-17(2)8-11-20(22)27-18(3)30/h4-12,15,26H,13-14H2,1-3H3,(H,27,30). The first-order valence-corrected chi connectivity index (χ1v) is 12.0. The van der Waals surface area contributed by atoms with Crippen LogP contribution in [-0.4, -0.2) is 35.4 Å². The van der Waals surface area contributed by atoms with Crippen LogP contribution in [0, 0.1) is 13.8 Å². The second kappa shape index (κ2) is 9.13. The van der Waals surface area contributed by atoms with Gasteiger partial charge in [-0.1, -0.05) is 35.9 Å². The van der Waals surface area contributed by atoms with Gasteiger partial charge in [0.25, 0.3) is 0 Å². The number of amides is 1. The number of carbonyl (C=O) groups excluding carboxylic acids is 1. The summed E-state index contributed by atoms with van der Waals surface area (Å²) in [7, 11) is -3.87. The lowest BCUT2D eigenvalue weighted by Gasteiger charge is -2.14. The van der Waals surface area contributed by atoms with Crippen molar-refractivity contribution in [2.45, 2.75) is 32.2 Å². The summed E-state index contributed by atoms with van der Waals surface area (Å²) in [6, 6.07) is 16.6. The van der Waals surface area contributed by atoms with Gasteiger partial charge >= 0.3 is 0 Å². The van der Waals surface area contributed by atoms with Gasteiger partial charge in [-0.15, -0.1) is 0 Å². The molecule has 0 spiro atoms. The van der Waals surface area contributed by atoms with Crippen LogP contribution in [0.4, 0.5) is 5.69 Å². The lowest BCUT2D eigenvalue weighted by Crippen LogP contribution is -2.28. The Bertz CT molecular complexity index is 1430. The number of imidazole rings is 1. The van der Waals surface area contributed by atoms with Crippen molar-refractivity contribution in [2.75, 3.05) is 11.9 Å². The van der Waals surface area contributed by atoms with Crippen molar-refractivity contribution in [3.8, 4) is 11.4 Å². The highest BCUT2D eigenvalue weighted by atomic mass is 32.2. The maximum absolute atomic E-state index is 13.1. The van der Waals surface area contributed by atoms with Crippen molar-refractivity contribution in [3.63, 3.8) is 0 Å². The van der Waals surface area contributed by atoms with Crippen LogP contribution in [0.1, 0.15) is 18.1 Å². The summed E-state index contributed by atoms with van der Waals surface area (Å²) in [5.41, 5.74) is 4.50. The van der Waals surface area contributed by atoms with E-state index in [4.69, 9.17) is 4.98 Å². The molecule has 2 aromatic carbocycles. The van der Waals surface area contributed by atoms with Crippen molar-refractivity contribution in [2.24, 2.45) is 0 Å². The first-order chi connectivity index (χ1) is 15.7. The monoisotopic (exact) mass is 463 g/mol. The molecule has 170 valence electrons. The summed E-state index contributed by atoms with van der Waals surface area (Å²) >= 11 is 0. The summed E-state index contributed by atoms with van der Waals surface area (Å²) in [5.74, 6) is 0.381. The summed E-state index contributed by atoms with van der Waals surface area (Å²) in [5, 5.41) is 2.59. The first-order valence-electron chi connectivity index (χ1n) is 10.5. The van der Waals surface area contributed by atoms with E-state index >= 15 is 0 Å². The Kier molecular flexibility index (Phi) is 6.26. The molecule has 4 aromatic rings. The van der Waals surface area contributed by atoms with Crippen LogP contribution in [0.25, 0.3) is 22.6 Å². The van der Waals surface area contributed by atoms with Crippen LogP contribution in [0.15, 0.2) is 65.7 Å². The molecule has 9 heteroatoms. The van der Waals surface area contributed by atoms with Gasteiger partial charge < -0.3 is 9.88 Å². The van der Waals surface area contributed by atoms with Crippen molar-refractivity contribution >= 4 is 32.8 Å². The highest BCUT2D eigenvalue weighted by Crippen LogP contribution is 2.25. The van der Waals surface area contributed by atoms with E-state index in [-0.39, 0.29) is 23.0 Å². The van der Waals surface area contributed by atoms with Crippen molar-refractivity contribution in [1.29, 1.82) is 0 Å². The van der Waals surface area contributed by atoms with E-state index in [9.17, 15) is 13.2 Å². The molecule has 8 nitrogen and oxygen atoms in total. The molecule has 0 saturated carbocycles. The van der Waals surface area contributed by atoms with Gasteiger partial charge in [-0.3, -0.25) is 4.79 Å². The molecular weight excluding hydrogens is 438 g/mol. The molecule has 2 aromatic heterocycles. The smallest absolute Gasteiger partial charge is 0.242 e. The van der Waals surface area contributed by atoms with Crippen LogP contribution in [-0.2, 0) is 21.4 Å². The molecule has 0 aliphatic carbocycles. The van der Waals surface area contributed by atoms with E-state index in [1.54, 1.807) is 31.3 Å². The maximum Gasteiger partial charge on any atom is 0.242 e. The fourth-order valence-corrected chi connectivity index (χ4v) is 4.87. The van der Waals surface area contributed by atoms with Gasteiger partial charge in [-0.25, -0.2) is 23.1 Å². The molecule has 0 fully saturated rings. The van der Waals surface area contributed by atoms with Gasteiger partial charge in [0.1, 0.15) is 16.2 Å². The molecule has 4 rings (SSSR count). The normalized spacial score (nSPS) is 11.6. The fourth-order valence-electron chi connectivity index (χ4n) is 3.61. The number of aromatic nitrogens is 3. The van der Waals surface area contributed by atoms with E-state index in [2.05, 4.69) is 15.0 Å². The van der Waals surface area contributed by atoms with E-state index < -0.39 is 10.0 Å². The summed E-state index contributed by atoms with van der Waals surface area (Å²) < 4.78 is 30.7. The van der Waals surface area contributed by atoms with E-state index in [1.165, 1.54) is 6.92 Å². The SMILES string of the molecule is CC(=O)Nc1ccc(C)cc1S(=O)(=O)NCCn1c(-c2ccc(C)cc2)nc2cccnc21. The Labute approximate surface area is 192 Å². The molecule has 0 saturated heterocycles. The number of carbonyl (C=O) groups is 1. The lowest BCUT2D eigenvalue weighted by atomic mass is 10.1. The largest absolute Gasteiger partial charge is 0.325 e. The average Bonchev–Trinajstić information content (AvgIpc) is 3.14. The van der Waals surface area contributed by atoms with Gasteiger partial charge in [0, 0.05) is 31.8 Å². The Hall–Kier alpha value is -3.56. The number of nitrogens with one attached hydrogen (secondary N) is 2. The molecule has 1 amide bonds. The number of fused-ring (bicyclic) bond motifs is 1. The Morgan fingerprint density at radius 1 is 1.03 bits per heavy atom. The fraction of sp³-hybridized carbons (Fsp3) is 0.208. The zero-order valence-electron chi connectivity index (χ0n) is 18.7. The van der Waals surface area contributed by atoms with Crippen LogP contribution in [0.3, 0.4) is 0 Å². The molecule has 0 aliphatic rings. The molecule has 2 heterocycles. The zero-order valence-corrected chi connectivity index (χ0v) is 19.5. The number of hydrogen-bond acceptors (Lipinski definition) is 5. The number of nitrogens with zero attached hydrogens (tertiary/aromatic N) is 3. The molecular formula is C24H25N5O3S. The van der Waals surface area contributed by atoms with Crippen molar-refractivity contribution in [1.82, 2.24) is 19.3 Å². The van der Waals surface area contributed by atoms with Crippen LogP contribution in [0.2, 0.25) is 0 Å². The summed E-state index contributed by atoms with van der Waals surface area (Å²) in [6.07, 6.45) is 1.69. The quantitative estimate of drug-likeness (QED) is 0.435. The minimum atomic E-state index is -3.87. The highest BCUT2D eigenvalue weighted by molar-refractivity contribution is 7.89. The minimum Gasteiger partial charge on any atom is -0.325 e. The van der Waals surface area contributed by atoms with Gasteiger partial charge in [-0.05, 0) is 43.7 Å². The summed E-state index contributed by atoms with van der Waals surface area (Å²) in [4.78, 5) is 20.7. The second-order valence-electron chi connectivity index (χ2n) is 7.88. The number of sulfonamides is 1. The third-order valence-corrected chi connectivity index (χ3v) is 6.68. The van der Waals surface area contributed by atoms with Gasteiger partial charge in [-0.2, -0.15) is 0 Å². The topological polar surface area (TPSA) is 106 Å². The van der Waals surface area contributed by atoms with Gasteiger partial charge in [0.05, 0.1) is 5.69 Å². The molecule has 0 unspecified atom stereocenters. The van der Waals surface area contributed by atoms with Crippen LogP contribution >= 0.6 is 0 Å². The van der Waals surface area contributed by atoms with Crippen molar-refractivity contribution < 1.29 is 13.2 Å². The predicted octanol–water partition coefficient (Wildman–Crippen LogP) is 3.65. The average molecular weight is 464 g/mol. The molecule has 2 N–H and O–H groups in total. The van der Waals surface area contributed by atoms with Crippen LogP contribution in [0.5, 0.6) is 0 Å². The van der Waals surface area contributed by atoms with Crippen molar-refractivity contribution in [3.05, 3.63) is 71.9 Å².